The zero-order valence-electron chi connectivity index (χ0n) is 18.2. The molecular formula is C22H28N2O5S2. The minimum absolute atomic E-state index is 0.0757. The lowest BCUT2D eigenvalue weighted by Gasteiger charge is -2.25. The molecule has 7 nitrogen and oxygen atoms in total. The Morgan fingerprint density at radius 1 is 1.23 bits per heavy atom. The molecule has 1 aromatic heterocycles. The highest BCUT2D eigenvalue weighted by molar-refractivity contribution is 7.92. The first-order valence-electron chi connectivity index (χ1n) is 10.2. The normalized spacial score (nSPS) is 14.4. The van der Waals surface area contributed by atoms with Gasteiger partial charge in [-0.3, -0.25) is 9.69 Å². The quantitative estimate of drug-likeness (QED) is 0.632. The molecule has 1 aliphatic rings. The number of sulfone groups is 1. The van der Waals surface area contributed by atoms with E-state index in [1.54, 1.807) is 26.0 Å². The molecule has 0 fully saturated rings. The highest BCUT2D eigenvalue weighted by Crippen LogP contribution is 2.37. The number of esters is 1. The molecule has 0 saturated carbocycles. The van der Waals surface area contributed by atoms with Crippen LogP contribution < -0.4 is 5.32 Å². The van der Waals surface area contributed by atoms with E-state index in [4.69, 9.17) is 4.74 Å². The maximum absolute atomic E-state index is 12.7. The third-order valence-electron chi connectivity index (χ3n) is 5.46. The minimum Gasteiger partial charge on any atom is -0.465 e. The van der Waals surface area contributed by atoms with E-state index in [-0.39, 0.29) is 17.2 Å². The molecule has 1 aliphatic heterocycles. The van der Waals surface area contributed by atoms with E-state index in [1.165, 1.54) is 30.6 Å². The molecule has 0 unspecified atom stereocenters. The Labute approximate surface area is 187 Å². The lowest BCUT2D eigenvalue weighted by molar-refractivity contribution is -0.115. The summed E-state index contributed by atoms with van der Waals surface area (Å²) in [6, 6.07) is 6.35. The van der Waals surface area contributed by atoms with Gasteiger partial charge in [-0.15, -0.1) is 11.3 Å². The monoisotopic (exact) mass is 464 g/mol. The van der Waals surface area contributed by atoms with Crippen LogP contribution in [0.15, 0.2) is 29.2 Å². The number of thiophene rings is 1. The number of likely N-dealkylation sites (N-methyl/N-ethyl adjacent to an activating group) is 1. The fourth-order valence-electron chi connectivity index (χ4n) is 3.56. The van der Waals surface area contributed by atoms with E-state index in [2.05, 4.69) is 17.1 Å². The smallest absolute Gasteiger partial charge is 0.341 e. The number of carbonyl (C=O) groups excluding carboxylic acids is 2. The fraction of sp³-hybridized carbons (Fsp3) is 0.455. The first-order valence-corrected chi connectivity index (χ1v) is 12.6. The molecule has 9 heteroatoms. The van der Waals surface area contributed by atoms with Crippen LogP contribution in [0.4, 0.5) is 5.00 Å². The summed E-state index contributed by atoms with van der Waals surface area (Å²) in [6.07, 6.45) is 0.817. The highest BCUT2D eigenvalue weighted by atomic mass is 32.2. The molecule has 1 N–H and O–H groups in total. The zero-order valence-corrected chi connectivity index (χ0v) is 19.9. The van der Waals surface area contributed by atoms with Crippen molar-refractivity contribution in [2.24, 2.45) is 0 Å². The molecule has 2 heterocycles. The van der Waals surface area contributed by atoms with Gasteiger partial charge in [0.15, 0.2) is 9.84 Å². The van der Waals surface area contributed by atoms with Crippen molar-refractivity contribution in [3.05, 3.63) is 45.8 Å². The molecule has 31 heavy (non-hydrogen) atoms. The molecule has 3 rings (SSSR count). The van der Waals surface area contributed by atoms with Crippen LogP contribution in [0.2, 0.25) is 0 Å². The molecule has 0 saturated heterocycles. The number of hydrogen-bond acceptors (Lipinski definition) is 7. The van der Waals surface area contributed by atoms with Crippen LogP contribution in [0.5, 0.6) is 0 Å². The van der Waals surface area contributed by atoms with Crippen molar-refractivity contribution in [3.8, 4) is 0 Å². The molecule has 0 aliphatic carbocycles. The highest BCUT2D eigenvalue weighted by Gasteiger charge is 2.29. The maximum Gasteiger partial charge on any atom is 0.341 e. The second kappa shape index (κ2) is 9.50. The topological polar surface area (TPSA) is 92.8 Å². The summed E-state index contributed by atoms with van der Waals surface area (Å²) in [5, 5.41) is 2.87. The van der Waals surface area contributed by atoms with Gasteiger partial charge in [-0.2, -0.15) is 0 Å². The van der Waals surface area contributed by atoms with Crippen molar-refractivity contribution in [2.45, 2.75) is 50.3 Å². The second-order valence-corrected chi connectivity index (χ2v) is 11.4. The average molecular weight is 465 g/mol. The van der Waals surface area contributed by atoms with Gasteiger partial charge < -0.3 is 10.1 Å². The second-order valence-electron chi connectivity index (χ2n) is 7.78. The van der Waals surface area contributed by atoms with Crippen LogP contribution in [0.1, 0.15) is 47.1 Å². The number of ether oxygens (including phenoxy) is 1. The van der Waals surface area contributed by atoms with Crippen molar-refractivity contribution < 1.29 is 22.7 Å². The largest absolute Gasteiger partial charge is 0.465 e. The Morgan fingerprint density at radius 2 is 1.90 bits per heavy atom. The van der Waals surface area contributed by atoms with Crippen molar-refractivity contribution in [3.63, 3.8) is 0 Å². The third kappa shape index (κ3) is 4.99. The Balaban J connectivity index is 1.78. The number of carbonyl (C=O) groups is 2. The predicted molar refractivity (Wildman–Crippen MR) is 121 cm³/mol. The molecule has 0 bridgehead atoms. The number of methoxy groups -OCH3 is 1. The van der Waals surface area contributed by atoms with E-state index in [0.717, 1.165) is 36.5 Å². The van der Waals surface area contributed by atoms with E-state index >= 15 is 0 Å². The molecule has 0 radical (unpaired) electrons. The van der Waals surface area contributed by atoms with E-state index < -0.39 is 21.1 Å². The average Bonchev–Trinajstić information content (AvgIpc) is 3.09. The molecule has 1 aromatic carbocycles. The van der Waals surface area contributed by atoms with E-state index in [9.17, 15) is 18.0 Å². The first-order chi connectivity index (χ1) is 14.7. The SMILES string of the molecule is CCN1CCc2c(sc(NC(=O)Cc3ccc(S(=O)(=O)C(C)C)cc3)c2C(=O)OC)C1. The van der Waals surface area contributed by atoms with Crippen LogP contribution in [0.3, 0.4) is 0 Å². The van der Waals surface area contributed by atoms with Gasteiger partial charge >= 0.3 is 5.97 Å². The number of nitrogens with zero attached hydrogens (tertiary/aromatic N) is 1. The van der Waals surface area contributed by atoms with Gasteiger partial charge in [0.05, 0.1) is 29.2 Å². The Bertz CT molecular complexity index is 1070. The van der Waals surface area contributed by atoms with Gasteiger partial charge in [-0.1, -0.05) is 19.1 Å². The van der Waals surface area contributed by atoms with Gasteiger partial charge in [0, 0.05) is 18.0 Å². The first kappa shape index (κ1) is 23.4. The summed E-state index contributed by atoms with van der Waals surface area (Å²) in [5.41, 5.74) is 2.10. The van der Waals surface area contributed by atoms with E-state index in [0.29, 0.717) is 16.1 Å². The summed E-state index contributed by atoms with van der Waals surface area (Å²) < 4.78 is 29.5. The minimum atomic E-state index is -3.35. The summed E-state index contributed by atoms with van der Waals surface area (Å²) in [7, 11) is -2.01. The van der Waals surface area contributed by atoms with Gasteiger partial charge in [-0.05, 0) is 50.1 Å². The van der Waals surface area contributed by atoms with Gasteiger partial charge in [-0.25, -0.2) is 13.2 Å². The molecule has 2 aromatic rings. The third-order valence-corrected chi connectivity index (χ3v) is 8.77. The summed E-state index contributed by atoms with van der Waals surface area (Å²) in [6.45, 7) is 7.91. The number of rotatable bonds is 7. The standard InChI is InChI=1S/C22H28N2O5S2/c1-5-24-11-10-17-18(13-24)30-21(20(17)22(26)29-4)23-19(25)12-15-6-8-16(9-7-15)31(27,28)14(2)3/h6-9,14H,5,10-13H2,1-4H3,(H,23,25). The Hall–Kier alpha value is -2.23. The Morgan fingerprint density at radius 3 is 2.48 bits per heavy atom. The van der Waals surface area contributed by atoms with Crippen LogP contribution in [-0.2, 0) is 38.8 Å². The summed E-state index contributed by atoms with van der Waals surface area (Å²) in [4.78, 5) is 28.7. The van der Waals surface area contributed by atoms with Crippen LogP contribution in [0.25, 0.3) is 0 Å². The van der Waals surface area contributed by atoms with Gasteiger partial charge in [0.1, 0.15) is 5.00 Å². The molecular weight excluding hydrogens is 436 g/mol. The van der Waals surface area contributed by atoms with Crippen LogP contribution in [0, 0.1) is 0 Å². The maximum atomic E-state index is 12.7. The lowest BCUT2D eigenvalue weighted by Crippen LogP contribution is -2.30. The van der Waals surface area contributed by atoms with Gasteiger partial charge in [0.2, 0.25) is 5.91 Å². The van der Waals surface area contributed by atoms with Crippen molar-refractivity contribution in [1.82, 2.24) is 4.90 Å². The van der Waals surface area contributed by atoms with Crippen LogP contribution in [-0.4, -0.2) is 50.6 Å². The number of hydrogen-bond donors (Lipinski definition) is 1. The Kier molecular flexibility index (Phi) is 7.18. The lowest BCUT2D eigenvalue weighted by atomic mass is 10.0. The molecule has 0 atom stereocenters. The number of anilines is 1. The van der Waals surface area contributed by atoms with Gasteiger partial charge in [0.25, 0.3) is 0 Å². The zero-order chi connectivity index (χ0) is 22.8. The van der Waals surface area contributed by atoms with Crippen molar-refractivity contribution in [2.75, 3.05) is 25.5 Å². The van der Waals surface area contributed by atoms with Crippen molar-refractivity contribution in [1.29, 1.82) is 0 Å². The number of nitrogens with one attached hydrogen (secondary N) is 1. The summed E-state index contributed by atoms with van der Waals surface area (Å²) in [5.74, 6) is -0.712. The predicted octanol–water partition coefficient (Wildman–Crippen LogP) is 3.28. The number of amides is 1. The van der Waals surface area contributed by atoms with E-state index in [1.807, 2.05) is 0 Å². The molecule has 1 amide bonds. The fourth-order valence-corrected chi connectivity index (χ4v) is 5.91. The molecule has 0 spiro atoms. The van der Waals surface area contributed by atoms with Crippen LogP contribution >= 0.6 is 11.3 Å². The molecule has 168 valence electrons. The number of benzene rings is 1. The van der Waals surface area contributed by atoms with Crippen molar-refractivity contribution >= 4 is 38.1 Å². The summed E-state index contributed by atoms with van der Waals surface area (Å²) >= 11 is 1.42. The number of fused-ring (bicyclic) bond motifs is 1.